The third kappa shape index (κ3) is 3.63. The minimum absolute atomic E-state index is 0.505. The highest BCUT2D eigenvalue weighted by molar-refractivity contribution is 7.86. The monoisotopic (exact) mass is 383 g/mol. The predicted octanol–water partition coefficient (Wildman–Crippen LogP) is 1.26. The van der Waals surface area contributed by atoms with E-state index in [0.29, 0.717) is 57.5 Å². The summed E-state index contributed by atoms with van der Waals surface area (Å²) in [5.41, 5.74) is 0. The van der Waals surface area contributed by atoms with E-state index in [-0.39, 0.29) is 0 Å². The van der Waals surface area contributed by atoms with Crippen LogP contribution in [0.2, 0.25) is 0 Å². The van der Waals surface area contributed by atoms with Gasteiger partial charge in [-0.05, 0) is 24.3 Å². The normalized spacial score (nSPS) is 21.1. The Labute approximate surface area is 151 Å². The number of rotatable bonds is 5. The van der Waals surface area contributed by atoms with Crippen molar-refractivity contribution in [2.75, 3.05) is 39.3 Å². The van der Waals surface area contributed by atoms with E-state index in [0.717, 1.165) is 17.7 Å². The second kappa shape index (κ2) is 7.12. The molecule has 8 nitrogen and oxygen atoms in total. The van der Waals surface area contributed by atoms with Crippen molar-refractivity contribution in [2.45, 2.75) is 19.4 Å². The Bertz CT molecular complexity index is 791. The highest BCUT2D eigenvalue weighted by Crippen LogP contribution is 2.22. The maximum Gasteiger partial charge on any atom is 0.282 e. The second-order valence-corrected chi connectivity index (χ2v) is 9.15. The lowest BCUT2D eigenvalue weighted by Crippen LogP contribution is -2.52. The van der Waals surface area contributed by atoms with E-state index in [9.17, 15) is 8.42 Å². The SMILES string of the molecule is O=S(=O)(N1CCCC1)N1CCN(Cc2nc(-c3cccs3)no2)CC1. The maximum absolute atomic E-state index is 12.6. The van der Waals surface area contributed by atoms with E-state index >= 15 is 0 Å². The fourth-order valence-electron chi connectivity index (χ4n) is 3.22. The highest BCUT2D eigenvalue weighted by Gasteiger charge is 2.33. The van der Waals surface area contributed by atoms with E-state index in [1.54, 1.807) is 19.9 Å². The lowest BCUT2D eigenvalue weighted by molar-refractivity contribution is 0.159. The Kier molecular flexibility index (Phi) is 4.87. The van der Waals surface area contributed by atoms with Crippen LogP contribution in [-0.2, 0) is 16.8 Å². The quantitative estimate of drug-likeness (QED) is 0.773. The number of aromatic nitrogens is 2. The summed E-state index contributed by atoms with van der Waals surface area (Å²) >= 11 is 1.57. The summed E-state index contributed by atoms with van der Waals surface area (Å²) in [5, 5.41) is 5.99. The fraction of sp³-hybridized carbons (Fsp3) is 0.600. The predicted molar refractivity (Wildman–Crippen MR) is 94.2 cm³/mol. The smallest absolute Gasteiger partial charge is 0.282 e. The molecule has 4 rings (SSSR count). The molecule has 0 amide bonds. The van der Waals surface area contributed by atoms with Crippen molar-refractivity contribution in [1.29, 1.82) is 0 Å². The average molecular weight is 383 g/mol. The van der Waals surface area contributed by atoms with Crippen molar-refractivity contribution in [3.8, 4) is 10.7 Å². The van der Waals surface area contributed by atoms with Gasteiger partial charge in [0.2, 0.25) is 11.7 Å². The van der Waals surface area contributed by atoms with Crippen LogP contribution in [-0.4, -0.2) is 71.3 Å². The molecule has 0 radical (unpaired) electrons. The van der Waals surface area contributed by atoms with Crippen LogP contribution in [0.15, 0.2) is 22.0 Å². The molecule has 2 fully saturated rings. The van der Waals surface area contributed by atoms with Crippen LogP contribution in [0.5, 0.6) is 0 Å². The standard InChI is InChI=1S/C15H21N5O3S2/c21-25(22,19-5-1-2-6-19)20-9-7-18(8-10-20)12-14-16-15(17-23-14)13-4-3-11-24-13/h3-4,11H,1-2,5-10,12H2. The van der Waals surface area contributed by atoms with E-state index in [4.69, 9.17) is 4.52 Å². The van der Waals surface area contributed by atoms with Crippen molar-refractivity contribution >= 4 is 21.5 Å². The zero-order valence-corrected chi connectivity index (χ0v) is 15.5. The van der Waals surface area contributed by atoms with Crippen molar-refractivity contribution in [3.63, 3.8) is 0 Å². The summed E-state index contributed by atoms with van der Waals surface area (Å²) in [5.74, 6) is 1.18. The van der Waals surface area contributed by atoms with E-state index < -0.39 is 10.2 Å². The van der Waals surface area contributed by atoms with Gasteiger partial charge < -0.3 is 4.52 Å². The first-order valence-corrected chi connectivity index (χ1v) is 10.7. The van der Waals surface area contributed by atoms with Crippen LogP contribution in [0.1, 0.15) is 18.7 Å². The van der Waals surface area contributed by atoms with Gasteiger partial charge in [-0.1, -0.05) is 11.2 Å². The molecule has 4 heterocycles. The molecule has 2 aromatic heterocycles. The van der Waals surface area contributed by atoms with Crippen LogP contribution >= 0.6 is 11.3 Å². The first kappa shape index (κ1) is 17.1. The van der Waals surface area contributed by atoms with E-state index in [1.807, 2.05) is 17.5 Å². The Morgan fingerprint density at radius 3 is 2.48 bits per heavy atom. The highest BCUT2D eigenvalue weighted by atomic mass is 32.2. The van der Waals surface area contributed by atoms with Gasteiger partial charge in [0.1, 0.15) is 0 Å². The second-order valence-electron chi connectivity index (χ2n) is 6.28. The van der Waals surface area contributed by atoms with Crippen LogP contribution in [0, 0.1) is 0 Å². The minimum atomic E-state index is -3.29. The molecule has 10 heteroatoms. The number of hydrogen-bond donors (Lipinski definition) is 0. The molecule has 0 aromatic carbocycles. The number of hydrogen-bond acceptors (Lipinski definition) is 7. The molecule has 2 aliphatic heterocycles. The van der Waals surface area contributed by atoms with Crippen LogP contribution in [0.25, 0.3) is 10.7 Å². The van der Waals surface area contributed by atoms with Crippen molar-refractivity contribution in [2.24, 2.45) is 0 Å². The number of nitrogens with zero attached hydrogens (tertiary/aromatic N) is 5. The van der Waals surface area contributed by atoms with Gasteiger partial charge in [-0.15, -0.1) is 11.3 Å². The lowest BCUT2D eigenvalue weighted by atomic mass is 10.3. The zero-order valence-electron chi connectivity index (χ0n) is 13.9. The summed E-state index contributed by atoms with van der Waals surface area (Å²) in [4.78, 5) is 7.57. The largest absolute Gasteiger partial charge is 0.338 e. The fourth-order valence-corrected chi connectivity index (χ4v) is 5.54. The van der Waals surface area contributed by atoms with Crippen LogP contribution in [0.4, 0.5) is 0 Å². The van der Waals surface area contributed by atoms with Gasteiger partial charge >= 0.3 is 0 Å². The van der Waals surface area contributed by atoms with Gasteiger partial charge in [0.15, 0.2) is 0 Å². The average Bonchev–Trinajstić information content (AvgIpc) is 3.37. The molecule has 0 atom stereocenters. The summed E-state index contributed by atoms with van der Waals surface area (Å²) in [6, 6.07) is 3.91. The molecule has 25 heavy (non-hydrogen) atoms. The Balaban J connectivity index is 1.33. The van der Waals surface area contributed by atoms with E-state index in [2.05, 4.69) is 15.0 Å². The van der Waals surface area contributed by atoms with Gasteiger partial charge in [0.05, 0.1) is 11.4 Å². The van der Waals surface area contributed by atoms with Gasteiger partial charge in [0, 0.05) is 39.3 Å². The molecular formula is C15H21N5O3S2. The number of piperazine rings is 1. The zero-order chi connectivity index (χ0) is 17.3. The summed E-state index contributed by atoms with van der Waals surface area (Å²) < 4.78 is 33.7. The summed E-state index contributed by atoms with van der Waals surface area (Å²) in [6.45, 7) is 4.20. The topological polar surface area (TPSA) is 82.8 Å². The lowest BCUT2D eigenvalue weighted by Gasteiger charge is -2.35. The van der Waals surface area contributed by atoms with Crippen molar-refractivity contribution in [3.05, 3.63) is 23.4 Å². The molecule has 0 unspecified atom stereocenters. The third-order valence-electron chi connectivity index (χ3n) is 4.62. The molecule has 0 N–H and O–H groups in total. The van der Waals surface area contributed by atoms with Gasteiger partial charge in [0.25, 0.3) is 10.2 Å². The van der Waals surface area contributed by atoms with Gasteiger partial charge in [-0.3, -0.25) is 4.90 Å². The molecular weight excluding hydrogens is 362 g/mol. The maximum atomic E-state index is 12.6. The van der Waals surface area contributed by atoms with Crippen LogP contribution in [0.3, 0.4) is 0 Å². The van der Waals surface area contributed by atoms with Crippen LogP contribution < -0.4 is 0 Å². The molecule has 0 aliphatic carbocycles. The number of thiophene rings is 1. The molecule has 2 aromatic rings. The minimum Gasteiger partial charge on any atom is -0.338 e. The molecule has 136 valence electrons. The third-order valence-corrected chi connectivity index (χ3v) is 7.52. The summed E-state index contributed by atoms with van der Waals surface area (Å²) in [7, 11) is -3.29. The van der Waals surface area contributed by atoms with Crippen molar-refractivity contribution in [1.82, 2.24) is 23.7 Å². The molecule has 2 aliphatic rings. The summed E-state index contributed by atoms with van der Waals surface area (Å²) in [6.07, 6.45) is 1.92. The first-order valence-electron chi connectivity index (χ1n) is 8.47. The Morgan fingerprint density at radius 2 is 1.80 bits per heavy atom. The molecule has 0 spiro atoms. The van der Waals surface area contributed by atoms with Crippen molar-refractivity contribution < 1.29 is 12.9 Å². The Morgan fingerprint density at radius 1 is 1.08 bits per heavy atom. The van der Waals surface area contributed by atoms with Gasteiger partial charge in [-0.2, -0.15) is 22.0 Å². The first-order chi connectivity index (χ1) is 12.1. The molecule has 0 saturated carbocycles. The Hall–Kier alpha value is -1.33. The molecule has 2 saturated heterocycles. The van der Waals surface area contributed by atoms with E-state index in [1.165, 1.54) is 0 Å². The molecule has 0 bridgehead atoms. The van der Waals surface area contributed by atoms with Gasteiger partial charge in [-0.25, -0.2) is 0 Å².